The fourth-order valence-corrected chi connectivity index (χ4v) is 6.32. The minimum atomic E-state index is -3.87. The minimum Gasteiger partial charge on any atom is -0.207 e. The highest BCUT2D eigenvalue weighted by atomic mass is 79.9. The van der Waals surface area contributed by atoms with Crippen LogP contribution >= 0.6 is 15.9 Å². The van der Waals surface area contributed by atoms with Gasteiger partial charge in [0.1, 0.15) is 6.07 Å². The third-order valence-electron chi connectivity index (χ3n) is 4.59. The highest BCUT2D eigenvalue weighted by Crippen LogP contribution is 2.25. The van der Waals surface area contributed by atoms with Crippen molar-refractivity contribution in [3.8, 4) is 6.07 Å². The first-order valence-corrected chi connectivity index (χ1v) is 12.1. The predicted octanol–water partition coefficient (Wildman–Crippen LogP) is 2.32. The minimum absolute atomic E-state index is 0.0246. The van der Waals surface area contributed by atoms with Crippen LogP contribution in [0.4, 0.5) is 0 Å². The summed E-state index contributed by atoms with van der Waals surface area (Å²) in [7, 11) is -7.58. The molecule has 10 heteroatoms. The van der Waals surface area contributed by atoms with Gasteiger partial charge in [0.2, 0.25) is 20.0 Å². The number of nitrogens with zero attached hydrogens (tertiary/aromatic N) is 3. The molecular weight excluding hydrogens is 466 g/mol. The Morgan fingerprint density at radius 1 is 0.929 bits per heavy atom. The maximum absolute atomic E-state index is 12.9. The van der Waals surface area contributed by atoms with E-state index in [0.717, 1.165) is 10.0 Å². The zero-order valence-electron chi connectivity index (χ0n) is 15.0. The lowest BCUT2D eigenvalue weighted by Crippen LogP contribution is -2.50. The molecule has 1 aliphatic heterocycles. The lowest BCUT2D eigenvalue weighted by molar-refractivity contribution is 0.273. The molecule has 0 atom stereocenters. The second-order valence-electron chi connectivity index (χ2n) is 6.33. The molecule has 3 rings (SSSR count). The number of rotatable bonds is 4. The van der Waals surface area contributed by atoms with Crippen molar-refractivity contribution in [2.75, 3.05) is 26.2 Å². The number of hydrogen-bond acceptors (Lipinski definition) is 5. The Balaban J connectivity index is 1.80. The van der Waals surface area contributed by atoms with Crippen molar-refractivity contribution in [2.24, 2.45) is 0 Å². The number of benzene rings is 2. The predicted molar refractivity (Wildman–Crippen MR) is 108 cm³/mol. The van der Waals surface area contributed by atoms with Gasteiger partial charge in [-0.25, -0.2) is 16.8 Å². The van der Waals surface area contributed by atoms with Crippen molar-refractivity contribution >= 4 is 36.0 Å². The standard InChI is InChI=1S/C18H18BrN3O4S2/c1-14-12-16(6-7-17(14)19)27(23,24)21-8-10-22(11-9-21)28(25,26)18-5-3-2-4-15(18)13-20/h2-7,12H,8-11H2,1H3. The van der Waals surface area contributed by atoms with Gasteiger partial charge < -0.3 is 0 Å². The third-order valence-corrected chi connectivity index (χ3v) is 9.33. The second-order valence-corrected chi connectivity index (χ2v) is 11.0. The van der Waals surface area contributed by atoms with Gasteiger partial charge in [-0.05, 0) is 42.8 Å². The highest BCUT2D eigenvalue weighted by molar-refractivity contribution is 9.10. The Labute approximate surface area is 173 Å². The maximum Gasteiger partial charge on any atom is 0.244 e. The Hall–Kier alpha value is -1.77. The van der Waals surface area contributed by atoms with Crippen LogP contribution in [0, 0.1) is 18.3 Å². The van der Waals surface area contributed by atoms with Crippen LogP contribution in [0.3, 0.4) is 0 Å². The van der Waals surface area contributed by atoms with Crippen LogP contribution in [0.5, 0.6) is 0 Å². The van der Waals surface area contributed by atoms with Crippen molar-refractivity contribution in [1.29, 1.82) is 5.26 Å². The van der Waals surface area contributed by atoms with Gasteiger partial charge in [-0.3, -0.25) is 0 Å². The second kappa shape index (κ2) is 7.93. The molecule has 2 aromatic carbocycles. The normalized spacial score (nSPS) is 16.6. The van der Waals surface area contributed by atoms with Gasteiger partial charge in [0.25, 0.3) is 0 Å². The molecule has 148 valence electrons. The molecule has 1 fully saturated rings. The van der Waals surface area contributed by atoms with Crippen molar-refractivity contribution < 1.29 is 16.8 Å². The first kappa shape index (κ1) is 21.0. The average molecular weight is 484 g/mol. The summed E-state index contributed by atoms with van der Waals surface area (Å²) in [5.41, 5.74) is 0.873. The smallest absolute Gasteiger partial charge is 0.207 e. The Bertz CT molecular complexity index is 1150. The number of sulfonamides is 2. The number of halogens is 1. The summed E-state index contributed by atoms with van der Waals surface area (Å²) in [6.07, 6.45) is 0. The van der Waals surface area contributed by atoms with Gasteiger partial charge >= 0.3 is 0 Å². The Morgan fingerprint density at radius 2 is 1.50 bits per heavy atom. The van der Waals surface area contributed by atoms with Crippen LogP contribution in [-0.2, 0) is 20.0 Å². The van der Waals surface area contributed by atoms with E-state index in [2.05, 4.69) is 15.9 Å². The van der Waals surface area contributed by atoms with Crippen LogP contribution in [0.2, 0.25) is 0 Å². The molecule has 0 radical (unpaired) electrons. The third kappa shape index (κ3) is 3.86. The lowest BCUT2D eigenvalue weighted by Gasteiger charge is -2.33. The highest BCUT2D eigenvalue weighted by Gasteiger charge is 2.34. The summed E-state index contributed by atoms with van der Waals surface area (Å²) in [4.78, 5) is 0.122. The fraction of sp³-hybridized carbons (Fsp3) is 0.278. The molecule has 0 bridgehead atoms. The largest absolute Gasteiger partial charge is 0.244 e. The van der Waals surface area contributed by atoms with Gasteiger partial charge in [-0.2, -0.15) is 13.9 Å². The summed E-state index contributed by atoms with van der Waals surface area (Å²) in [6.45, 7) is 1.95. The van der Waals surface area contributed by atoms with E-state index >= 15 is 0 Å². The number of nitriles is 1. The summed E-state index contributed by atoms with van der Waals surface area (Å²) >= 11 is 3.35. The first-order chi connectivity index (χ1) is 13.2. The van der Waals surface area contributed by atoms with Crippen LogP contribution < -0.4 is 0 Å². The summed E-state index contributed by atoms with van der Waals surface area (Å²) < 4.78 is 54.8. The molecule has 1 heterocycles. The van der Waals surface area contributed by atoms with E-state index in [9.17, 15) is 22.1 Å². The average Bonchev–Trinajstić information content (AvgIpc) is 2.70. The van der Waals surface area contributed by atoms with Crippen LogP contribution in [0.1, 0.15) is 11.1 Å². The van der Waals surface area contributed by atoms with E-state index in [1.165, 1.54) is 26.8 Å². The molecule has 0 amide bonds. The molecule has 28 heavy (non-hydrogen) atoms. The van der Waals surface area contributed by atoms with Gasteiger partial charge in [0.05, 0.1) is 15.4 Å². The molecule has 7 nitrogen and oxygen atoms in total. The van der Waals surface area contributed by atoms with E-state index in [1.807, 2.05) is 6.07 Å². The zero-order valence-corrected chi connectivity index (χ0v) is 18.3. The SMILES string of the molecule is Cc1cc(S(=O)(=O)N2CCN(S(=O)(=O)c3ccccc3C#N)CC2)ccc1Br. The quantitative estimate of drug-likeness (QED) is 0.664. The molecule has 0 N–H and O–H groups in total. The maximum atomic E-state index is 12.9. The summed E-state index contributed by atoms with van der Waals surface area (Å²) in [5.74, 6) is 0. The van der Waals surface area contributed by atoms with Gasteiger partial charge in [0.15, 0.2) is 0 Å². The lowest BCUT2D eigenvalue weighted by atomic mass is 10.2. The molecular formula is C18H18BrN3O4S2. The molecule has 0 aliphatic carbocycles. The molecule has 1 aliphatic rings. The summed E-state index contributed by atoms with van der Waals surface area (Å²) in [5, 5.41) is 9.17. The Morgan fingerprint density at radius 3 is 2.07 bits per heavy atom. The molecule has 2 aromatic rings. The van der Waals surface area contributed by atoms with E-state index < -0.39 is 20.0 Å². The van der Waals surface area contributed by atoms with Crippen LogP contribution in [-0.4, -0.2) is 51.6 Å². The molecule has 0 aromatic heterocycles. The monoisotopic (exact) mass is 483 g/mol. The summed E-state index contributed by atoms with van der Waals surface area (Å²) in [6, 6.07) is 12.7. The van der Waals surface area contributed by atoms with Crippen molar-refractivity contribution in [2.45, 2.75) is 16.7 Å². The number of piperazine rings is 1. The topological polar surface area (TPSA) is 98.6 Å². The number of aryl methyl sites for hydroxylation is 1. The van der Waals surface area contributed by atoms with Gasteiger partial charge in [-0.1, -0.05) is 28.1 Å². The van der Waals surface area contributed by atoms with Crippen molar-refractivity contribution in [3.63, 3.8) is 0 Å². The number of hydrogen-bond donors (Lipinski definition) is 0. The van der Waals surface area contributed by atoms with E-state index in [1.54, 1.807) is 31.2 Å². The van der Waals surface area contributed by atoms with E-state index in [-0.39, 0.29) is 41.5 Å². The van der Waals surface area contributed by atoms with E-state index in [4.69, 9.17) is 0 Å². The van der Waals surface area contributed by atoms with Gasteiger partial charge in [0, 0.05) is 30.7 Å². The molecule has 0 spiro atoms. The van der Waals surface area contributed by atoms with E-state index in [0.29, 0.717) is 0 Å². The van der Waals surface area contributed by atoms with Crippen molar-refractivity contribution in [1.82, 2.24) is 8.61 Å². The Kier molecular flexibility index (Phi) is 5.93. The van der Waals surface area contributed by atoms with Crippen LogP contribution in [0.15, 0.2) is 56.7 Å². The van der Waals surface area contributed by atoms with Crippen LogP contribution in [0.25, 0.3) is 0 Å². The first-order valence-electron chi connectivity index (χ1n) is 8.43. The molecule has 0 saturated carbocycles. The molecule has 1 saturated heterocycles. The molecule has 0 unspecified atom stereocenters. The fourth-order valence-electron chi connectivity index (χ4n) is 3.00. The van der Waals surface area contributed by atoms with Crippen molar-refractivity contribution in [3.05, 3.63) is 58.1 Å². The zero-order chi connectivity index (χ0) is 20.5. The van der Waals surface area contributed by atoms with Gasteiger partial charge in [-0.15, -0.1) is 0 Å².